The molecule has 0 bridgehead atoms. The summed E-state index contributed by atoms with van der Waals surface area (Å²) in [6.45, 7) is 11.8. The Labute approximate surface area is 246 Å². The highest BCUT2D eigenvalue weighted by molar-refractivity contribution is 7.17. The molecule has 1 aromatic carbocycles. The van der Waals surface area contributed by atoms with Crippen LogP contribution >= 0.6 is 11.3 Å². The number of carbonyl (C=O) groups is 1. The van der Waals surface area contributed by atoms with E-state index in [2.05, 4.69) is 43.9 Å². The Morgan fingerprint density at radius 2 is 1.90 bits per heavy atom. The summed E-state index contributed by atoms with van der Waals surface area (Å²) < 4.78 is 44.7. The van der Waals surface area contributed by atoms with Crippen molar-refractivity contribution in [1.29, 1.82) is 0 Å². The smallest absolute Gasteiger partial charge is 0.407 e. The van der Waals surface area contributed by atoms with Gasteiger partial charge in [-0.1, -0.05) is 20.8 Å². The fourth-order valence-electron chi connectivity index (χ4n) is 4.78. The van der Waals surface area contributed by atoms with Crippen molar-refractivity contribution in [3.8, 4) is 28.3 Å². The molecule has 5 rings (SSSR count). The molecule has 0 saturated carbocycles. The van der Waals surface area contributed by atoms with E-state index in [1.165, 1.54) is 16.2 Å². The third kappa shape index (κ3) is 5.72. The molecular weight excluding hydrogens is 582 g/mol. The lowest BCUT2D eigenvalue weighted by Crippen LogP contribution is -2.41. The minimum absolute atomic E-state index is 0.00659. The number of aromatic amines is 1. The van der Waals surface area contributed by atoms with E-state index >= 15 is 4.39 Å². The minimum atomic E-state index is -2.06. The summed E-state index contributed by atoms with van der Waals surface area (Å²) in [4.78, 5) is 28.8. The minimum Gasteiger partial charge on any atom is -0.490 e. The standard InChI is InChI=1S/C29H34F2N4O5SSi/c1-29(2,3)42(4,5)40-12-11-39-22-15-17(30)14-20(31)23(22)24-25(32-27(36)19-7-13-41-26(19)24)21-16-18-6-8-34(28(37)38)9-10-35(18)33-21/h7,13-16H,6,8-12H2,1-5H3,(H,32,36)(H,37,38). The number of rotatable bonds is 7. The maximum absolute atomic E-state index is 15.8. The number of aromatic nitrogens is 3. The number of halogens is 2. The van der Waals surface area contributed by atoms with Crippen LogP contribution in [0.25, 0.3) is 32.6 Å². The molecule has 2 N–H and O–H groups in total. The second kappa shape index (κ2) is 11.3. The van der Waals surface area contributed by atoms with Gasteiger partial charge in [0.05, 0.1) is 34.5 Å². The van der Waals surface area contributed by atoms with Gasteiger partial charge >= 0.3 is 6.09 Å². The van der Waals surface area contributed by atoms with E-state index in [1.54, 1.807) is 22.2 Å². The fraction of sp³-hybridized carbons (Fsp3) is 0.414. The van der Waals surface area contributed by atoms with Gasteiger partial charge in [-0.3, -0.25) is 9.48 Å². The number of hydrogen-bond donors (Lipinski definition) is 2. The summed E-state index contributed by atoms with van der Waals surface area (Å²) in [6, 6.07) is 5.37. The zero-order valence-corrected chi connectivity index (χ0v) is 26.0. The molecule has 4 heterocycles. The molecule has 4 aromatic rings. The largest absolute Gasteiger partial charge is 0.490 e. The number of nitrogens with one attached hydrogen (secondary N) is 1. The van der Waals surface area contributed by atoms with Crippen molar-refractivity contribution in [3.63, 3.8) is 0 Å². The van der Waals surface area contributed by atoms with E-state index in [-0.39, 0.29) is 47.4 Å². The van der Waals surface area contributed by atoms with Crippen LogP contribution in [0.1, 0.15) is 26.5 Å². The van der Waals surface area contributed by atoms with Crippen LogP contribution < -0.4 is 10.3 Å². The van der Waals surface area contributed by atoms with Crippen LogP contribution in [0.15, 0.2) is 34.4 Å². The first-order chi connectivity index (χ1) is 19.8. The van der Waals surface area contributed by atoms with Crippen LogP contribution in [0.2, 0.25) is 18.1 Å². The first-order valence-electron chi connectivity index (χ1n) is 13.7. The summed E-state index contributed by atoms with van der Waals surface area (Å²) in [6.07, 6.45) is -0.571. The molecule has 0 aliphatic carbocycles. The molecule has 0 atom stereocenters. The molecule has 13 heteroatoms. The number of amides is 1. The molecule has 224 valence electrons. The van der Waals surface area contributed by atoms with Gasteiger partial charge in [-0.2, -0.15) is 5.10 Å². The Kier molecular flexibility index (Phi) is 8.03. The van der Waals surface area contributed by atoms with Crippen LogP contribution in [-0.2, 0) is 17.4 Å². The molecule has 0 unspecified atom stereocenters. The summed E-state index contributed by atoms with van der Waals surface area (Å²) in [7, 11) is -2.06. The van der Waals surface area contributed by atoms with E-state index in [4.69, 9.17) is 9.16 Å². The van der Waals surface area contributed by atoms with Gasteiger partial charge in [0.2, 0.25) is 0 Å². The predicted octanol–water partition coefficient (Wildman–Crippen LogP) is 6.34. The predicted molar refractivity (Wildman–Crippen MR) is 161 cm³/mol. The molecule has 0 fully saturated rings. The maximum Gasteiger partial charge on any atom is 0.407 e. The monoisotopic (exact) mass is 616 g/mol. The van der Waals surface area contributed by atoms with Gasteiger partial charge in [-0.25, -0.2) is 13.6 Å². The number of pyridine rings is 1. The lowest BCUT2D eigenvalue weighted by molar-refractivity contribution is 0.146. The number of thiophene rings is 1. The number of ether oxygens (including phenoxy) is 1. The summed E-state index contributed by atoms with van der Waals surface area (Å²) in [5, 5.41) is 16.2. The Morgan fingerprint density at radius 3 is 2.62 bits per heavy atom. The van der Waals surface area contributed by atoms with E-state index in [9.17, 15) is 19.1 Å². The first-order valence-corrected chi connectivity index (χ1v) is 17.5. The van der Waals surface area contributed by atoms with E-state index in [0.29, 0.717) is 40.9 Å². The Bertz CT molecular complexity index is 1680. The van der Waals surface area contributed by atoms with Crippen LogP contribution in [0.3, 0.4) is 0 Å². The first kappa shape index (κ1) is 29.9. The van der Waals surface area contributed by atoms with E-state index in [0.717, 1.165) is 17.8 Å². The molecule has 9 nitrogen and oxygen atoms in total. The third-order valence-electron chi connectivity index (χ3n) is 8.11. The lowest BCUT2D eigenvalue weighted by Gasteiger charge is -2.36. The molecule has 1 amide bonds. The zero-order valence-electron chi connectivity index (χ0n) is 24.2. The molecule has 42 heavy (non-hydrogen) atoms. The number of fused-ring (bicyclic) bond motifs is 2. The summed E-state index contributed by atoms with van der Waals surface area (Å²) in [5.74, 6) is -1.63. The van der Waals surface area contributed by atoms with Gasteiger partial charge in [0.25, 0.3) is 5.56 Å². The van der Waals surface area contributed by atoms with Crippen LogP contribution in [0.4, 0.5) is 13.6 Å². The quantitative estimate of drug-likeness (QED) is 0.185. The van der Waals surface area contributed by atoms with Gasteiger partial charge in [0, 0.05) is 42.9 Å². The van der Waals surface area contributed by atoms with Gasteiger partial charge in [-0.05, 0) is 35.6 Å². The molecule has 0 spiro atoms. The molecule has 0 saturated heterocycles. The zero-order chi connectivity index (χ0) is 30.4. The number of carboxylic acid groups (broad SMARTS) is 1. The van der Waals surface area contributed by atoms with Gasteiger partial charge in [-0.15, -0.1) is 11.3 Å². The summed E-state index contributed by atoms with van der Waals surface area (Å²) in [5.41, 5.74) is 1.45. The molecule has 1 aliphatic heterocycles. The Hall–Kier alpha value is -3.55. The highest BCUT2D eigenvalue weighted by atomic mass is 32.1. The van der Waals surface area contributed by atoms with E-state index in [1.807, 2.05) is 0 Å². The normalized spacial score (nSPS) is 14.2. The SMILES string of the molecule is CC(C)(C)[Si](C)(C)OCCOc1cc(F)cc(F)c1-c1c(-c2cc3n(n2)CCN(C(=O)O)CC3)[nH]c(=O)c2ccsc12. The van der Waals surface area contributed by atoms with Gasteiger partial charge in [0.15, 0.2) is 8.32 Å². The number of hydrogen-bond acceptors (Lipinski definition) is 6. The number of nitrogens with zero attached hydrogens (tertiary/aromatic N) is 3. The van der Waals surface area contributed by atoms with Crippen molar-refractivity contribution in [2.24, 2.45) is 0 Å². The van der Waals surface area contributed by atoms with Crippen molar-refractivity contribution in [2.45, 2.75) is 51.9 Å². The van der Waals surface area contributed by atoms with Crippen molar-refractivity contribution < 1.29 is 27.8 Å². The van der Waals surface area contributed by atoms with Gasteiger partial charge in [0.1, 0.15) is 29.7 Å². The van der Waals surface area contributed by atoms with Gasteiger partial charge < -0.3 is 24.2 Å². The molecule has 0 radical (unpaired) electrons. The topological polar surface area (TPSA) is 110 Å². The number of benzene rings is 1. The highest BCUT2D eigenvalue weighted by Crippen LogP contribution is 2.44. The maximum atomic E-state index is 15.8. The van der Waals surface area contributed by atoms with Crippen LogP contribution in [0.5, 0.6) is 5.75 Å². The lowest BCUT2D eigenvalue weighted by atomic mass is 9.99. The van der Waals surface area contributed by atoms with Crippen molar-refractivity contribution in [3.05, 3.63) is 57.3 Å². The fourth-order valence-corrected chi connectivity index (χ4v) is 6.76. The molecule has 3 aromatic heterocycles. The number of H-pyrrole nitrogens is 1. The second-order valence-corrected chi connectivity index (χ2v) is 17.6. The highest BCUT2D eigenvalue weighted by Gasteiger charge is 2.37. The summed E-state index contributed by atoms with van der Waals surface area (Å²) >= 11 is 1.27. The molecule has 1 aliphatic rings. The van der Waals surface area contributed by atoms with Crippen molar-refractivity contribution in [1.82, 2.24) is 19.7 Å². The van der Waals surface area contributed by atoms with Crippen molar-refractivity contribution in [2.75, 3.05) is 26.3 Å². The average molecular weight is 617 g/mol. The third-order valence-corrected chi connectivity index (χ3v) is 13.6. The Morgan fingerprint density at radius 1 is 1.14 bits per heavy atom. The van der Waals surface area contributed by atoms with E-state index < -0.39 is 26.0 Å². The average Bonchev–Trinajstić information content (AvgIpc) is 3.50. The van der Waals surface area contributed by atoms with Crippen LogP contribution in [0, 0.1) is 11.6 Å². The second-order valence-electron chi connectivity index (χ2n) is 11.8. The van der Waals surface area contributed by atoms with Crippen LogP contribution in [-0.4, -0.2) is 65.5 Å². The van der Waals surface area contributed by atoms with Crippen molar-refractivity contribution >= 4 is 35.8 Å². The Balaban J connectivity index is 1.57. The molecular formula is C29H34F2N4O5SSi.